The maximum atomic E-state index is 12.4. The normalized spacial score (nSPS) is 11.0. The van der Waals surface area contributed by atoms with Gasteiger partial charge < -0.3 is 24.3 Å². The van der Waals surface area contributed by atoms with Crippen molar-refractivity contribution < 1.29 is 23.7 Å². The first kappa shape index (κ1) is 24.7. The van der Waals surface area contributed by atoms with Crippen LogP contribution in [0.3, 0.4) is 0 Å². The summed E-state index contributed by atoms with van der Waals surface area (Å²) >= 11 is 5.89. The minimum absolute atomic E-state index is 0.269. The second-order valence-electron chi connectivity index (χ2n) is 7.13. The van der Waals surface area contributed by atoms with Crippen LogP contribution in [0.5, 0.6) is 23.0 Å². The number of nitrogens with one attached hydrogen (secondary N) is 1. The maximum Gasteiger partial charge on any atom is 0.248 e. The summed E-state index contributed by atoms with van der Waals surface area (Å²) in [6, 6.07) is 16.4. The van der Waals surface area contributed by atoms with Crippen molar-refractivity contribution in [3.05, 3.63) is 82.4 Å². The number of amides is 1. The lowest BCUT2D eigenvalue weighted by Crippen LogP contribution is -2.09. The first-order chi connectivity index (χ1) is 16.5. The zero-order valence-electron chi connectivity index (χ0n) is 19.4. The van der Waals surface area contributed by atoms with Crippen LogP contribution in [0.15, 0.2) is 60.7 Å². The fourth-order valence-corrected chi connectivity index (χ4v) is 3.35. The van der Waals surface area contributed by atoms with Crippen LogP contribution >= 0.6 is 11.6 Å². The van der Waals surface area contributed by atoms with E-state index in [0.717, 1.165) is 16.7 Å². The van der Waals surface area contributed by atoms with Crippen molar-refractivity contribution in [3.8, 4) is 23.0 Å². The Kier molecular flexibility index (Phi) is 8.60. The van der Waals surface area contributed by atoms with Crippen molar-refractivity contribution in [3.63, 3.8) is 0 Å². The molecule has 0 bridgehead atoms. The number of halogens is 1. The number of hydrogen-bond acceptors (Lipinski definition) is 5. The lowest BCUT2D eigenvalue weighted by molar-refractivity contribution is -0.111. The molecule has 0 heterocycles. The molecule has 3 aromatic carbocycles. The molecule has 0 saturated carbocycles. The lowest BCUT2D eigenvalue weighted by atomic mass is 10.1. The molecule has 6 nitrogen and oxygen atoms in total. The van der Waals surface area contributed by atoms with E-state index >= 15 is 0 Å². The monoisotopic (exact) mass is 479 g/mol. The number of anilines is 1. The van der Waals surface area contributed by atoms with E-state index in [2.05, 4.69) is 5.32 Å². The van der Waals surface area contributed by atoms with Crippen molar-refractivity contribution in [2.24, 2.45) is 0 Å². The second-order valence-corrected chi connectivity index (χ2v) is 7.56. The number of rotatable bonds is 9. The second kappa shape index (κ2) is 11.8. The molecule has 7 heteroatoms. The number of carbonyl (C=O) groups is 1. The van der Waals surface area contributed by atoms with Gasteiger partial charge in [-0.25, -0.2) is 0 Å². The maximum absolute atomic E-state index is 12.4. The highest BCUT2D eigenvalue weighted by Gasteiger charge is 2.12. The van der Waals surface area contributed by atoms with Crippen LogP contribution in [-0.4, -0.2) is 34.3 Å². The van der Waals surface area contributed by atoms with Gasteiger partial charge in [0.15, 0.2) is 11.5 Å². The highest BCUT2D eigenvalue weighted by molar-refractivity contribution is 6.30. The Morgan fingerprint density at radius 1 is 0.706 bits per heavy atom. The minimum atomic E-state index is -0.269. The summed E-state index contributed by atoms with van der Waals surface area (Å²) in [4.78, 5) is 12.4. The molecule has 0 spiro atoms. The van der Waals surface area contributed by atoms with E-state index in [1.54, 1.807) is 52.7 Å². The Labute approximate surface area is 204 Å². The van der Waals surface area contributed by atoms with Gasteiger partial charge in [0.25, 0.3) is 0 Å². The van der Waals surface area contributed by atoms with Crippen molar-refractivity contribution in [2.45, 2.75) is 0 Å². The summed E-state index contributed by atoms with van der Waals surface area (Å²) in [6.07, 6.45) is 7.02. The van der Waals surface area contributed by atoms with Gasteiger partial charge in [-0.15, -0.1) is 0 Å². The summed E-state index contributed by atoms with van der Waals surface area (Å²) in [5, 5.41) is 3.48. The van der Waals surface area contributed by atoms with E-state index in [-0.39, 0.29) is 5.91 Å². The Bertz CT molecular complexity index is 1180. The van der Waals surface area contributed by atoms with Crippen LogP contribution in [0.4, 0.5) is 5.69 Å². The smallest absolute Gasteiger partial charge is 0.248 e. The molecular weight excluding hydrogens is 454 g/mol. The molecule has 0 saturated heterocycles. The molecule has 0 aromatic heterocycles. The summed E-state index contributed by atoms with van der Waals surface area (Å²) in [5.74, 6) is 1.95. The van der Waals surface area contributed by atoms with Gasteiger partial charge >= 0.3 is 0 Å². The standard InChI is InChI=1S/C27H26ClNO5/c1-31-23-15-19(5-6-20-16-24(32-2)27(34-4)25(17-20)33-3)9-13-22(23)29-26(30)14-10-18-7-11-21(28)12-8-18/h5-17H,1-4H3,(H,29,30)/b6-5+,14-10+. The Hall–Kier alpha value is -3.90. The summed E-state index contributed by atoms with van der Waals surface area (Å²) < 4.78 is 21.6. The molecule has 0 unspecified atom stereocenters. The molecule has 176 valence electrons. The van der Waals surface area contributed by atoms with E-state index in [9.17, 15) is 4.79 Å². The zero-order chi connectivity index (χ0) is 24.5. The van der Waals surface area contributed by atoms with E-state index in [4.69, 9.17) is 30.5 Å². The Morgan fingerprint density at radius 2 is 1.26 bits per heavy atom. The molecule has 0 aliphatic heterocycles. The zero-order valence-corrected chi connectivity index (χ0v) is 20.2. The Balaban J connectivity index is 1.75. The molecular formula is C27H26ClNO5. The molecule has 0 aliphatic carbocycles. The van der Waals surface area contributed by atoms with Crippen LogP contribution in [0.25, 0.3) is 18.2 Å². The van der Waals surface area contributed by atoms with Gasteiger partial charge in [-0.2, -0.15) is 0 Å². The third-order valence-electron chi connectivity index (χ3n) is 4.94. The van der Waals surface area contributed by atoms with Crippen molar-refractivity contribution in [1.29, 1.82) is 0 Å². The van der Waals surface area contributed by atoms with E-state index in [1.165, 1.54) is 6.08 Å². The molecule has 3 aromatic rings. The predicted octanol–water partition coefficient (Wildman–Crippen LogP) is 6.20. The molecule has 0 fully saturated rings. The predicted molar refractivity (Wildman–Crippen MR) is 137 cm³/mol. The van der Waals surface area contributed by atoms with Crippen molar-refractivity contribution in [1.82, 2.24) is 0 Å². The number of benzene rings is 3. The molecule has 0 radical (unpaired) electrons. The van der Waals surface area contributed by atoms with Gasteiger partial charge in [0.05, 0.1) is 34.1 Å². The van der Waals surface area contributed by atoms with Crippen LogP contribution in [0.2, 0.25) is 5.02 Å². The average Bonchev–Trinajstić information content (AvgIpc) is 2.86. The van der Waals surface area contributed by atoms with E-state index in [1.807, 2.05) is 48.6 Å². The van der Waals surface area contributed by atoms with Gasteiger partial charge in [0, 0.05) is 11.1 Å². The SMILES string of the molecule is COc1cc(/C=C/c2cc(OC)c(OC)c(OC)c2)ccc1NC(=O)/C=C/c1ccc(Cl)cc1. The fourth-order valence-electron chi connectivity index (χ4n) is 3.22. The van der Waals surface area contributed by atoms with Gasteiger partial charge in [0.1, 0.15) is 5.75 Å². The lowest BCUT2D eigenvalue weighted by Gasteiger charge is -2.13. The largest absolute Gasteiger partial charge is 0.495 e. The first-order valence-corrected chi connectivity index (χ1v) is 10.8. The first-order valence-electron chi connectivity index (χ1n) is 10.4. The third-order valence-corrected chi connectivity index (χ3v) is 5.19. The van der Waals surface area contributed by atoms with Gasteiger partial charge in [-0.05, 0) is 59.2 Å². The summed E-state index contributed by atoms with van der Waals surface area (Å²) in [7, 11) is 6.28. The molecule has 1 amide bonds. The average molecular weight is 480 g/mol. The van der Waals surface area contributed by atoms with Gasteiger partial charge in [-0.1, -0.05) is 42.0 Å². The van der Waals surface area contributed by atoms with Crippen molar-refractivity contribution >= 4 is 41.4 Å². The molecule has 0 aliphatic rings. The van der Waals surface area contributed by atoms with Crippen LogP contribution < -0.4 is 24.3 Å². The van der Waals surface area contributed by atoms with Crippen molar-refractivity contribution in [2.75, 3.05) is 33.8 Å². The summed E-state index contributed by atoms with van der Waals surface area (Å²) in [6.45, 7) is 0. The third kappa shape index (κ3) is 6.33. The summed E-state index contributed by atoms with van der Waals surface area (Å²) in [5.41, 5.74) is 3.20. The quantitative estimate of drug-likeness (QED) is 0.292. The molecule has 3 rings (SSSR count). The molecule has 34 heavy (non-hydrogen) atoms. The number of carbonyl (C=O) groups excluding carboxylic acids is 1. The van der Waals surface area contributed by atoms with Gasteiger partial charge in [-0.3, -0.25) is 4.79 Å². The van der Waals surface area contributed by atoms with Crippen LogP contribution in [-0.2, 0) is 4.79 Å². The topological polar surface area (TPSA) is 66.0 Å². The highest BCUT2D eigenvalue weighted by Crippen LogP contribution is 2.38. The van der Waals surface area contributed by atoms with Crippen LogP contribution in [0.1, 0.15) is 16.7 Å². The van der Waals surface area contributed by atoms with Crippen LogP contribution in [0, 0.1) is 0 Å². The highest BCUT2D eigenvalue weighted by atomic mass is 35.5. The Morgan fingerprint density at radius 3 is 1.85 bits per heavy atom. The minimum Gasteiger partial charge on any atom is -0.495 e. The van der Waals surface area contributed by atoms with E-state index in [0.29, 0.717) is 33.7 Å². The number of ether oxygens (including phenoxy) is 4. The molecule has 0 atom stereocenters. The number of hydrogen-bond donors (Lipinski definition) is 1. The fraction of sp³-hybridized carbons (Fsp3) is 0.148. The number of methoxy groups -OCH3 is 4. The molecule has 1 N–H and O–H groups in total. The van der Waals surface area contributed by atoms with E-state index < -0.39 is 0 Å². The van der Waals surface area contributed by atoms with Gasteiger partial charge in [0.2, 0.25) is 11.7 Å².